The van der Waals surface area contributed by atoms with Crippen molar-refractivity contribution in [3.63, 3.8) is 0 Å². The van der Waals surface area contributed by atoms with Crippen LogP contribution in [0.1, 0.15) is 49.9 Å². The van der Waals surface area contributed by atoms with Crippen LogP contribution in [-0.2, 0) is 14.3 Å². The number of benzene rings is 1. The summed E-state index contributed by atoms with van der Waals surface area (Å²) in [6.45, 7) is 5.04. The molecule has 1 aromatic carbocycles. The van der Waals surface area contributed by atoms with Crippen LogP contribution in [0.3, 0.4) is 0 Å². The third-order valence-electron chi connectivity index (χ3n) is 4.23. The molecule has 2 rings (SSSR count). The molecule has 0 bridgehead atoms. The maximum Gasteiger partial charge on any atom is 0.338 e. The number of nitrogens with one attached hydrogen (secondary N) is 1. The quantitative estimate of drug-likeness (QED) is 0.694. The minimum absolute atomic E-state index is 0.117. The summed E-state index contributed by atoms with van der Waals surface area (Å²) < 4.78 is 16.2. The minimum Gasteiger partial charge on any atom is -0.491 e. The molecule has 0 aromatic heterocycles. The Bertz CT molecular complexity index is 547. The van der Waals surface area contributed by atoms with Crippen molar-refractivity contribution >= 4 is 11.9 Å². The topological polar surface area (TPSA) is 73.9 Å². The molecule has 0 radical (unpaired) electrons. The third kappa shape index (κ3) is 6.38. The van der Waals surface area contributed by atoms with E-state index in [2.05, 4.69) is 5.32 Å². The van der Waals surface area contributed by atoms with Crippen LogP contribution < -0.4 is 10.1 Å². The molecule has 0 aliphatic carbocycles. The van der Waals surface area contributed by atoms with Gasteiger partial charge >= 0.3 is 5.97 Å². The second kappa shape index (κ2) is 10.0. The van der Waals surface area contributed by atoms with Crippen molar-refractivity contribution in [3.8, 4) is 5.75 Å². The van der Waals surface area contributed by atoms with Gasteiger partial charge in [0.05, 0.1) is 11.7 Å². The van der Waals surface area contributed by atoms with E-state index in [-0.39, 0.29) is 24.7 Å². The molecule has 1 heterocycles. The first-order chi connectivity index (χ1) is 12.1. The SMILES string of the molecule is CCC(CC)NC(=O)COC(=O)c1ccc(OC[C@H]2CCCO2)cc1. The first-order valence-corrected chi connectivity index (χ1v) is 8.93. The van der Waals surface area contributed by atoms with Gasteiger partial charge in [-0.3, -0.25) is 4.79 Å². The zero-order chi connectivity index (χ0) is 18.1. The van der Waals surface area contributed by atoms with Crippen LogP contribution in [0.2, 0.25) is 0 Å². The molecule has 1 aromatic rings. The highest BCUT2D eigenvalue weighted by atomic mass is 16.5. The highest BCUT2D eigenvalue weighted by molar-refractivity contribution is 5.91. The molecule has 0 spiro atoms. The number of carbonyl (C=O) groups excluding carboxylic acids is 2. The minimum atomic E-state index is -0.523. The molecule has 1 N–H and O–H groups in total. The molecule has 1 saturated heterocycles. The molecule has 6 heteroatoms. The van der Waals surface area contributed by atoms with Crippen LogP contribution in [0.4, 0.5) is 0 Å². The molecule has 1 amide bonds. The zero-order valence-electron chi connectivity index (χ0n) is 15.0. The first kappa shape index (κ1) is 19.2. The van der Waals surface area contributed by atoms with Crippen LogP contribution in [0.15, 0.2) is 24.3 Å². The summed E-state index contributed by atoms with van der Waals surface area (Å²) in [5.74, 6) is -0.123. The summed E-state index contributed by atoms with van der Waals surface area (Å²) in [4.78, 5) is 23.7. The lowest BCUT2D eigenvalue weighted by Gasteiger charge is -2.14. The largest absolute Gasteiger partial charge is 0.491 e. The average Bonchev–Trinajstić information content (AvgIpc) is 3.16. The van der Waals surface area contributed by atoms with Crippen LogP contribution in [0.5, 0.6) is 5.75 Å². The van der Waals surface area contributed by atoms with Gasteiger partial charge in [0.25, 0.3) is 5.91 Å². The summed E-state index contributed by atoms with van der Waals surface area (Å²) in [6, 6.07) is 6.82. The predicted octanol–water partition coefficient (Wildman–Crippen LogP) is 2.71. The number of ether oxygens (including phenoxy) is 3. The second-order valence-electron chi connectivity index (χ2n) is 6.13. The Labute approximate surface area is 148 Å². The lowest BCUT2D eigenvalue weighted by atomic mass is 10.2. The maximum atomic E-state index is 12.0. The van der Waals surface area contributed by atoms with E-state index in [1.807, 2.05) is 13.8 Å². The van der Waals surface area contributed by atoms with Gasteiger partial charge in [0.1, 0.15) is 12.4 Å². The van der Waals surface area contributed by atoms with Gasteiger partial charge in [-0.25, -0.2) is 4.79 Å². The van der Waals surface area contributed by atoms with E-state index in [1.165, 1.54) is 0 Å². The lowest BCUT2D eigenvalue weighted by Crippen LogP contribution is -2.36. The van der Waals surface area contributed by atoms with Gasteiger partial charge in [0.15, 0.2) is 6.61 Å². The fourth-order valence-corrected chi connectivity index (χ4v) is 2.63. The molecule has 0 saturated carbocycles. The van der Waals surface area contributed by atoms with E-state index in [9.17, 15) is 9.59 Å². The van der Waals surface area contributed by atoms with Crippen molar-refractivity contribution in [2.75, 3.05) is 19.8 Å². The van der Waals surface area contributed by atoms with Gasteiger partial charge in [0, 0.05) is 12.6 Å². The predicted molar refractivity (Wildman–Crippen MR) is 93.7 cm³/mol. The van der Waals surface area contributed by atoms with E-state index < -0.39 is 5.97 Å². The fraction of sp³-hybridized carbons (Fsp3) is 0.579. The molecule has 0 unspecified atom stereocenters. The Morgan fingerprint density at radius 1 is 1.24 bits per heavy atom. The second-order valence-corrected chi connectivity index (χ2v) is 6.13. The summed E-state index contributed by atoms with van der Waals surface area (Å²) in [7, 11) is 0. The number of amides is 1. The van der Waals surface area contributed by atoms with E-state index in [0.717, 1.165) is 32.3 Å². The number of esters is 1. The average molecular weight is 349 g/mol. The maximum absolute atomic E-state index is 12.0. The molecule has 25 heavy (non-hydrogen) atoms. The Morgan fingerprint density at radius 3 is 2.56 bits per heavy atom. The van der Waals surface area contributed by atoms with Gasteiger partial charge in [-0.05, 0) is 49.9 Å². The van der Waals surface area contributed by atoms with Crippen LogP contribution in [0, 0.1) is 0 Å². The highest BCUT2D eigenvalue weighted by Crippen LogP contribution is 2.17. The van der Waals surface area contributed by atoms with E-state index in [0.29, 0.717) is 17.9 Å². The monoisotopic (exact) mass is 349 g/mol. The van der Waals surface area contributed by atoms with Crippen molar-refractivity contribution in [1.29, 1.82) is 0 Å². The number of hydrogen-bond donors (Lipinski definition) is 1. The van der Waals surface area contributed by atoms with Crippen molar-refractivity contribution in [1.82, 2.24) is 5.32 Å². The summed E-state index contributed by atoms with van der Waals surface area (Å²) in [5.41, 5.74) is 0.389. The Morgan fingerprint density at radius 2 is 1.96 bits per heavy atom. The van der Waals surface area contributed by atoms with E-state index >= 15 is 0 Å². The van der Waals surface area contributed by atoms with Crippen LogP contribution >= 0.6 is 0 Å². The van der Waals surface area contributed by atoms with Gasteiger partial charge in [0.2, 0.25) is 0 Å². The molecule has 1 fully saturated rings. The number of carbonyl (C=O) groups is 2. The normalized spacial score (nSPS) is 16.7. The molecule has 1 aliphatic heterocycles. The Balaban J connectivity index is 1.74. The van der Waals surface area contributed by atoms with E-state index in [1.54, 1.807) is 24.3 Å². The van der Waals surface area contributed by atoms with E-state index in [4.69, 9.17) is 14.2 Å². The van der Waals surface area contributed by atoms with Gasteiger partial charge in [-0.2, -0.15) is 0 Å². The number of rotatable bonds is 9. The third-order valence-corrected chi connectivity index (χ3v) is 4.23. The summed E-state index contributed by atoms with van der Waals surface area (Å²) in [5, 5.41) is 2.83. The highest BCUT2D eigenvalue weighted by Gasteiger charge is 2.16. The van der Waals surface area contributed by atoms with Crippen LogP contribution in [0.25, 0.3) is 0 Å². The smallest absolute Gasteiger partial charge is 0.338 e. The Hall–Kier alpha value is -2.08. The summed E-state index contributed by atoms with van der Waals surface area (Å²) >= 11 is 0. The molecule has 1 aliphatic rings. The van der Waals surface area contributed by atoms with Crippen molar-refractivity contribution in [3.05, 3.63) is 29.8 Å². The fourth-order valence-electron chi connectivity index (χ4n) is 2.63. The van der Waals surface area contributed by atoms with Crippen molar-refractivity contribution in [2.45, 2.75) is 51.7 Å². The van der Waals surface area contributed by atoms with Gasteiger partial charge < -0.3 is 19.5 Å². The zero-order valence-corrected chi connectivity index (χ0v) is 15.0. The molecular weight excluding hydrogens is 322 g/mol. The first-order valence-electron chi connectivity index (χ1n) is 8.93. The molecule has 138 valence electrons. The van der Waals surface area contributed by atoms with Crippen molar-refractivity contribution < 1.29 is 23.8 Å². The standard InChI is InChI=1S/C19H27NO5/c1-3-15(4-2)20-18(21)13-25-19(22)14-7-9-16(10-8-14)24-12-17-6-5-11-23-17/h7-10,15,17H,3-6,11-13H2,1-2H3,(H,20,21)/t17-/m1/s1. The van der Waals surface area contributed by atoms with Crippen molar-refractivity contribution in [2.24, 2.45) is 0 Å². The van der Waals surface area contributed by atoms with Gasteiger partial charge in [-0.15, -0.1) is 0 Å². The molecule has 1 atom stereocenters. The summed E-state index contributed by atoms with van der Waals surface area (Å²) in [6.07, 6.45) is 3.94. The van der Waals surface area contributed by atoms with Gasteiger partial charge in [-0.1, -0.05) is 13.8 Å². The lowest BCUT2D eigenvalue weighted by molar-refractivity contribution is -0.125. The number of hydrogen-bond acceptors (Lipinski definition) is 5. The van der Waals surface area contributed by atoms with Crippen LogP contribution in [-0.4, -0.2) is 43.8 Å². The Kier molecular flexibility index (Phi) is 7.73. The molecule has 6 nitrogen and oxygen atoms in total. The molecular formula is C19H27NO5.